The second kappa shape index (κ2) is 7.26. The summed E-state index contributed by atoms with van der Waals surface area (Å²) in [6.45, 7) is 4.07. The van der Waals surface area contributed by atoms with Crippen LogP contribution in [-0.2, 0) is 9.59 Å². The average molecular weight is 394 g/mol. The molecular weight excluding hydrogens is 370 g/mol. The van der Waals surface area contributed by atoms with Gasteiger partial charge in [-0.15, -0.1) is 0 Å². The van der Waals surface area contributed by atoms with Gasteiger partial charge in [-0.3, -0.25) is 14.9 Å². The highest BCUT2D eigenvalue weighted by molar-refractivity contribution is 6.33. The van der Waals surface area contributed by atoms with Crippen molar-refractivity contribution in [3.63, 3.8) is 0 Å². The SMILES string of the molecule is CN(C)c1cc(N2CCN(C(=O)C[C@@]3(C)NC(=O)NC3=O)CC2)ccc1Cl. The number of nitrogens with one attached hydrogen (secondary N) is 2. The van der Waals surface area contributed by atoms with E-state index in [4.69, 9.17) is 11.6 Å². The molecule has 1 aromatic carbocycles. The van der Waals surface area contributed by atoms with Crippen LogP contribution in [0.1, 0.15) is 13.3 Å². The summed E-state index contributed by atoms with van der Waals surface area (Å²) in [6, 6.07) is 5.34. The molecule has 2 fully saturated rings. The second-order valence-electron chi connectivity index (χ2n) is 7.32. The highest BCUT2D eigenvalue weighted by Gasteiger charge is 2.44. The Bertz CT molecular complexity index is 776. The predicted molar refractivity (Wildman–Crippen MR) is 104 cm³/mol. The molecule has 146 valence electrons. The molecule has 2 heterocycles. The van der Waals surface area contributed by atoms with Crippen LogP contribution in [0.4, 0.5) is 16.2 Å². The lowest BCUT2D eigenvalue weighted by molar-refractivity contribution is -0.136. The molecule has 0 aliphatic carbocycles. The van der Waals surface area contributed by atoms with Gasteiger partial charge in [-0.2, -0.15) is 0 Å². The first-order valence-corrected chi connectivity index (χ1v) is 9.20. The van der Waals surface area contributed by atoms with E-state index in [-0.39, 0.29) is 12.3 Å². The number of piperazine rings is 1. The highest BCUT2D eigenvalue weighted by Crippen LogP contribution is 2.30. The maximum absolute atomic E-state index is 12.6. The van der Waals surface area contributed by atoms with Gasteiger partial charge in [0.2, 0.25) is 5.91 Å². The van der Waals surface area contributed by atoms with Crippen LogP contribution in [0.2, 0.25) is 5.02 Å². The molecule has 1 atom stereocenters. The summed E-state index contributed by atoms with van der Waals surface area (Å²) in [4.78, 5) is 41.7. The normalized spacial score (nSPS) is 22.5. The molecule has 0 radical (unpaired) electrons. The summed E-state index contributed by atoms with van der Waals surface area (Å²) < 4.78 is 0. The monoisotopic (exact) mass is 393 g/mol. The van der Waals surface area contributed by atoms with Crippen LogP contribution in [0.15, 0.2) is 18.2 Å². The number of imide groups is 1. The van der Waals surface area contributed by atoms with Crippen molar-refractivity contribution >= 4 is 40.8 Å². The maximum atomic E-state index is 12.6. The first-order chi connectivity index (χ1) is 12.7. The summed E-state index contributed by atoms with van der Waals surface area (Å²) >= 11 is 6.24. The van der Waals surface area contributed by atoms with Crippen LogP contribution in [0, 0.1) is 0 Å². The minimum atomic E-state index is -1.18. The fourth-order valence-corrected chi connectivity index (χ4v) is 3.66. The molecule has 2 aliphatic heterocycles. The van der Waals surface area contributed by atoms with Crippen LogP contribution in [0.3, 0.4) is 0 Å². The van der Waals surface area contributed by atoms with Crippen molar-refractivity contribution in [3.8, 4) is 0 Å². The lowest BCUT2D eigenvalue weighted by atomic mass is 9.97. The third kappa shape index (κ3) is 3.95. The van der Waals surface area contributed by atoms with Crippen LogP contribution >= 0.6 is 11.6 Å². The molecule has 1 aromatic rings. The Kier molecular flexibility index (Phi) is 5.19. The number of amides is 4. The van der Waals surface area contributed by atoms with Crippen molar-refractivity contribution in [1.29, 1.82) is 0 Å². The number of nitrogens with zero attached hydrogens (tertiary/aromatic N) is 3. The summed E-state index contributed by atoms with van der Waals surface area (Å²) in [5.41, 5.74) is 0.829. The minimum Gasteiger partial charge on any atom is -0.376 e. The first-order valence-electron chi connectivity index (χ1n) is 8.83. The zero-order chi connectivity index (χ0) is 19.8. The Morgan fingerprint density at radius 3 is 2.44 bits per heavy atom. The molecule has 0 aromatic heterocycles. The summed E-state index contributed by atoms with van der Waals surface area (Å²) in [5.74, 6) is -0.601. The van der Waals surface area contributed by atoms with Crippen molar-refractivity contribution in [2.45, 2.75) is 18.9 Å². The largest absolute Gasteiger partial charge is 0.376 e. The third-order valence-corrected chi connectivity index (χ3v) is 5.35. The smallest absolute Gasteiger partial charge is 0.322 e. The topological polar surface area (TPSA) is 85.0 Å². The van der Waals surface area contributed by atoms with Gasteiger partial charge < -0.3 is 20.0 Å². The molecule has 8 nitrogen and oxygen atoms in total. The average Bonchev–Trinajstić information content (AvgIpc) is 2.86. The van der Waals surface area contributed by atoms with E-state index in [1.807, 2.05) is 37.2 Å². The lowest BCUT2D eigenvalue weighted by Crippen LogP contribution is -2.53. The van der Waals surface area contributed by atoms with Gasteiger partial charge in [-0.05, 0) is 25.1 Å². The molecule has 2 aliphatic rings. The van der Waals surface area contributed by atoms with Gasteiger partial charge in [-0.1, -0.05) is 11.6 Å². The highest BCUT2D eigenvalue weighted by atomic mass is 35.5. The van der Waals surface area contributed by atoms with E-state index in [0.29, 0.717) is 31.2 Å². The van der Waals surface area contributed by atoms with Crippen LogP contribution in [0.25, 0.3) is 0 Å². The number of rotatable bonds is 4. The zero-order valence-electron chi connectivity index (χ0n) is 15.7. The Morgan fingerprint density at radius 2 is 1.89 bits per heavy atom. The maximum Gasteiger partial charge on any atom is 0.322 e. The molecule has 3 rings (SSSR count). The standard InChI is InChI=1S/C18H24ClN5O3/c1-18(16(26)20-17(27)21-18)11-15(25)24-8-6-23(7-9-24)12-4-5-13(19)14(10-12)22(2)3/h4-5,10H,6-9,11H2,1-3H3,(H2,20,21,26,27)/t18-/m1/s1. The van der Waals surface area contributed by atoms with E-state index in [2.05, 4.69) is 15.5 Å². The molecule has 9 heteroatoms. The Labute approximate surface area is 163 Å². The third-order valence-electron chi connectivity index (χ3n) is 5.03. The summed E-state index contributed by atoms with van der Waals surface area (Å²) in [5, 5.41) is 5.41. The second-order valence-corrected chi connectivity index (χ2v) is 7.72. The number of halogens is 1. The van der Waals surface area contributed by atoms with E-state index >= 15 is 0 Å². The van der Waals surface area contributed by atoms with Crippen molar-refractivity contribution < 1.29 is 14.4 Å². The van der Waals surface area contributed by atoms with E-state index in [0.717, 1.165) is 11.4 Å². The van der Waals surface area contributed by atoms with Gasteiger partial charge in [-0.25, -0.2) is 4.79 Å². The molecule has 4 amide bonds. The van der Waals surface area contributed by atoms with Crippen LogP contribution < -0.4 is 20.4 Å². The molecule has 0 unspecified atom stereocenters. The Morgan fingerprint density at radius 1 is 1.22 bits per heavy atom. The van der Waals surface area contributed by atoms with Gasteiger partial charge in [0.05, 0.1) is 17.1 Å². The number of hydrogen-bond acceptors (Lipinski definition) is 5. The number of carbonyl (C=O) groups excluding carboxylic acids is 3. The summed E-state index contributed by atoms with van der Waals surface area (Å²) in [7, 11) is 3.89. The van der Waals surface area contributed by atoms with Crippen LogP contribution in [0.5, 0.6) is 0 Å². The predicted octanol–water partition coefficient (Wildman–Crippen LogP) is 1.04. The number of urea groups is 1. The number of hydrogen-bond donors (Lipinski definition) is 2. The minimum absolute atomic E-state index is 0.0453. The van der Waals surface area contributed by atoms with E-state index in [9.17, 15) is 14.4 Å². The molecule has 2 N–H and O–H groups in total. The zero-order valence-corrected chi connectivity index (χ0v) is 16.5. The van der Waals surface area contributed by atoms with Gasteiger partial charge in [0.25, 0.3) is 5.91 Å². The van der Waals surface area contributed by atoms with Gasteiger partial charge in [0.1, 0.15) is 5.54 Å². The molecule has 0 saturated carbocycles. The van der Waals surface area contributed by atoms with Gasteiger partial charge in [0.15, 0.2) is 0 Å². The molecule has 0 bridgehead atoms. The quantitative estimate of drug-likeness (QED) is 0.747. The fourth-order valence-electron chi connectivity index (χ4n) is 3.37. The molecule has 27 heavy (non-hydrogen) atoms. The fraction of sp³-hybridized carbons (Fsp3) is 0.500. The van der Waals surface area contributed by atoms with Crippen LogP contribution in [-0.4, -0.2) is 68.6 Å². The van der Waals surface area contributed by atoms with Gasteiger partial charge in [0, 0.05) is 46.0 Å². The Balaban J connectivity index is 1.60. The Hall–Kier alpha value is -2.48. The van der Waals surface area contributed by atoms with Crippen molar-refractivity contribution in [1.82, 2.24) is 15.5 Å². The lowest BCUT2D eigenvalue weighted by Gasteiger charge is -2.37. The first kappa shape index (κ1) is 19.3. The van der Waals surface area contributed by atoms with E-state index in [1.165, 1.54) is 0 Å². The van der Waals surface area contributed by atoms with Crippen molar-refractivity contribution in [2.75, 3.05) is 50.1 Å². The van der Waals surface area contributed by atoms with E-state index < -0.39 is 17.5 Å². The number of carbonyl (C=O) groups is 3. The summed E-state index contributed by atoms with van der Waals surface area (Å²) in [6.07, 6.45) is -0.0453. The molecular formula is C18H24ClN5O3. The number of anilines is 2. The molecule has 2 saturated heterocycles. The van der Waals surface area contributed by atoms with Crippen molar-refractivity contribution in [3.05, 3.63) is 23.2 Å². The van der Waals surface area contributed by atoms with Crippen molar-refractivity contribution in [2.24, 2.45) is 0 Å². The van der Waals surface area contributed by atoms with Gasteiger partial charge >= 0.3 is 6.03 Å². The van der Waals surface area contributed by atoms with E-state index in [1.54, 1.807) is 11.8 Å². The molecule has 0 spiro atoms. The number of benzene rings is 1.